The molecule has 0 aromatic carbocycles. The van der Waals surface area contributed by atoms with E-state index in [-0.39, 0.29) is 22.5 Å². The normalized spacial score (nSPS) is 20.8. The standard InChI is InChI=1S/C20H30F2O2S/c1-2-3-4-5-6-7-8-15-9-11-16(12-10-15)20(23)24-18-13-17(14-25-18)19(21)22/h13-16,19H,2-12H2,1H3/t15-,16-. The molecule has 1 fully saturated rings. The Balaban J connectivity index is 1.62. The maximum Gasteiger partial charge on any atom is 0.315 e. The lowest BCUT2D eigenvalue weighted by Gasteiger charge is -2.27. The van der Waals surface area contributed by atoms with Crippen molar-refractivity contribution in [1.82, 2.24) is 0 Å². The van der Waals surface area contributed by atoms with E-state index in [2.05, 4.69) is 6.92 Å². The Labute approximate surface area is 154 Å². The van der Waals surface area contributed by atoms with Crippen molar-refractivity contribution in [3.63, 3.8) is 0 Å². The molecule has 1 saturated carbocycles. The van der Waals surface area contributed by atoms with Crippen LogP contribution >= 0.6 is 11.3 Å². The van der Waals surface area contributed by atoms with Crippen molar-refractivity contribution in [2.45, 2.75) is 84.0 Å². The quantitative estimate of drug-likeness (QED) is 0.322. The lowest BCUT2D eigenvalue weighted by molar-refractivity contribution is -0.140. The SMILES string of the molecule is CCCCCCCC[C@H]1CC[C@H](C(=O)Oc2cc(C(F)F)cs2)CC1. The Morgan fingerprint density at radius 1 is 1.16 bits per heavy atom. The minimum absolute atomic E-state index is 0.0714. The number of hydrogen-bond donors (Lipinski definition) is 0. The summed E-state index contributed by atoms with van der Waals surface area (Å²) < 4.78 is 30.4. The molecule has 142 valence electrons. The van der Waals surface area contributed by atoms with Gasteiger partial charge in [-0.05, 0) is 31.6 Å². The van der Waals surface area contributed by atoms with Crippen LogP contribution in [0.1, 0.15) is 89.5 Å². The van der Waals surface area contributed by atoms with Crippen molar-refractivity contribution < 1.29 is 18.3 Å². The van der Waals surface area contributed by atoms with Crippen molar-refractivity contribution in [2.75, 3.05) is 0 Å². The summed E-state index contributed by atoms with van der Waals surface area (Å²) >= 11 is 1.07. The van der Waals surface area contributed by atoms with E-state index < -0.39 is 6.43 Å². The molecular weight excluding hydrogens is 342 g/mol. The Bertz CT molecular complexity index is 508. The van der Waals surface area contributed by atoms with Gasteiger partial charge in [-0.25, -0.2) is 8.78 Å². The second-order valence-corrected chi connectivity index (χ2v) is 8.07. The van der Waals surface area contributed by atoms with Gasteiger partial charge in [0.25, 0.3) is 6.43 Å². The van der Waals surface area contributed by atoms with Crippen LogP contribution in [0.5, 0.6) is 5.06 Å². The minimum atomic E-state index is -2.51. The number of carbonyl (C=O) groups is 1. The molecule has 1 heterocycles. The molecule has 1 aromatic heterocycles. The van der Waals surface area contributed by atoms with Crippen LogP contribution < -0.4 is 4.74 Å². The highest BCUT2D eigenvalue weighted by Crippen LogP contribution is 2.35. The number of esters is 1. The molecule has 1 aliphatic rings. The molecule has 0 aliphatic heterocycles. The van der Waals surface area contributed by atoms with Crippen molar-refractivity contribution in [1.29, 1.82) is 0 Å². The Hall–Kier alpha value is -0.970. The topological polar surface area (TPSA) is 26.3 Å². The summed E-state index contributed by atoms with van der Waals surface area (Å²) in [7, 11) is 0. The Morgan fingerprint density at radius 2 is 1.84 bits per heavy atom. The fourth-order valence-electron chi connectivity index (χ4n) is 3.58. The molecule has 1 aromatic rings. The first-order chi connectivity index (χ1) is 12.1. The third-order valence-corrected chi connectivity index (χ3v) is 6.02. The van der Waals surface area contributed by atoms with E-state index in [1.807, 2.05) is 0 Å². The molecule has 0 atom stereocenters. The lowest BCUT2D eigenvalue weighted by Crippen LogP contribution is -2.25. The zero-order chi connectivity index (χ0) is 18.1. The van der Waals surface area contributed by atoms with Crippen molar-refractivity contribution in [3.05, 3.63) is 17.0 Å². The fourth-order valence-corrected chi connectivity index (χ4v) is 4.34. The summed E-state index contributed by atoms with van der Waals surface area (Å²) in [6.45, 7) is 2.24. The van der Waals surface area contributed by atoms with Gasteiger partial charge in [0.1, 0.15) is 0 Å². The van der Waals surface area contributed by atoms with Gasteiger partial charge in [-0.3, -0.25) is 4.79 Å². The fraction of sp³-hybridized carbons (Fsp3) is 0.750. The summed E-state index contributed by atoms with van der Waals surface area (Å²) in [4.78, 5) is 12.2. The van der Waals surface area contributed by atoms with E-state index >= 15 is 0 Å². The number of alkyl halides is 2. The van der Waals surface area contributed by atoms with Crippen LogP contribution in [0.25, 0.3) is 0 Å². The third-order valence-electron chi connectivity index (χ3n) is 5.19. The van der Waals surface area contributed by atoms with E-state index in [4.69, 9.17) is 4.74 Å². The molecule has 0 spiro atoms. The summed E-state index contributed by atoms with van der Waals surface area (Å²) in [5, 5.41) is 1.64. The molecule has 2 nitrogen and oxygen atoms in total. The van der Waals surface area contributed by atoms with Gasteiger partial charge in [0.2, 0.25) is 0 Å². The van der Waals surface area contributed by atoms with E-state index in [1.54, 1.807) is 0 Å². The predicted molar refractivity (Wildman–Crippen MR) is 98.4 cm³/mol. The highest BCUT2D eigenvalue weighted by molar-refractivity contribution is 7.12. The van der Waals surface area contributed by atoms with E-state index in [9.17, 15) is 13.6 Å². The zero-order valence-corrected chi connectivity index (χ0v) is 16.0. The van der Waals surface area contributed by atoms with Crippen LogP contribution in [0.2, 0.25) is 0 Å². The van der Waals surface area contributed by atoms with E-state index in [0.717, 1.165) is 42.9 Å². The Morgan fingerprint density at radius 3 is 2.48 bits per heavy atom. The highest BCUT2D eigenvalue weighted by Gasteiger charge is 2.28. The average molecular weight is 373 g/mol. The van der Waals surface area contributed by atoms with E-state index in [0.29, 0.717) is 0 Å². The molecule has 2 rings (SSSR count). The summed E-state index contributed by atoms with van der Waals surface area (Å²) in [5.41, 5.74) is -0.0737. The molecule has 0 amide bonds. The number of hydrogen-bond acceptors (Lipinski definition) is 3. The van der Waals surface area contributed by atoms with Crippen molar-refractivity contribution in [3.8, 4) is 5.06 Å². The molecule has 0 radical (unpaired) electrons. The second kappa shape index (κ2) is 10.9. The molecular formula is C20H30F2O2S. The van der Waals surface area contributed by atoms with Gasteiger partial charge in [-0.15, -0.1) is 11.3 Å². The molecule has 0 N–H and O–H groups in total. The van der Waals surface area contributed by atoms with Crippen LogP contribution in [-0.4, -0.2) is 5.97 Å². The third kappa shape index (κ3) is 7.04. The smallest absolute Gasteiger partial charge is 0.315 e. The Kier molecular flexibility index (Phi) is 8.87. The summed E-state index contributed by atoms with van der Waals surface area (Å²) in [5.74, 6) is 0.418. The first-order valence-corrected chi connectivity index (χ1v) is 10.6. The summed E-state index contributed by atoms with van der Waals surface area (Å²) in [6.07, 6.45) is 10.6. The lowest BCUT2D eigenvalue weighted by atomic mass is 9.80. The largest absolute Gasteiger partial charge is 0.415 e. The maximum absolute atomic E-state index is 12.6. The number of rotatable bonds is 10. The molecule has 1 aliphatic carbocycles. The number of unbranched alkanes of at least 4 members (excludes halogenated alkanes) is 5. The van der Waals surface area contributed by atoms with Gasteiger partial charge in [0.05, 0.1) is 5.92 Å². The van der Waals surface area contributed by atoms with Gasteiger partial charge < -0.3 is 4.74 Å². The van der Waals surface area contributed by atoms with Gasteiger partial charge >= 0.3 is 5.97 Å². The van der Waals surface area contributed by atoms with E-state index in [1.165, 1.54) is 56.4 Å². The average Bonchev–Trinajstić information content (AvgIpc) is 3.07. The summed E-state index contributed by atoms with van der Waals surface area (Å²) in [6, 6.07) is 1.28. The van der Waals surface area contributed by atoms with Crippen LogP contribution in [-0.2, 0) is 4.79 Å². The van der Waals surface area contributed by atoms with Gasteiger partial charge in [0, 0.05) is 17.0 Å². The maximum atomic E-state index is 12.6. The van der Waals surface area contributed by atoms with Crippen LogP contribution in [0, 0.1) is 11.8 Å². The van der Waals surface area contributed by atoms with Crippen LogP contribution in [0.3, 0.4) is 0 Å². The molecule has 0 bridgehead atoms. The number of carbonyl (C=O) groups excluding carboxylic acids is 1. The number of ether oxygens (including phenoxy) is 1. The first-order valence-electron chi connectivity index (χ1n) is 9.68. The van der Waals surface area contributed by atoms with Gasteiger partial charge in [-0.2, -0.15) is 0 Å². The molecule has 5 heteroatoms. The van der Waals surface area contributed by atoms with Crippen molar-refractivity contribution in [2.24, 2.45) is 11.8 Å². The number of thiophene rings is 1. The number of halogens is 2. The van der Waals surface area contributed by atoms with Crippen LogP contribution in [0.4, 0.5) is 8.78 Å². The van der Waals surface area contributed by atoms with Crippen LogP contribution in [0.15, 0.2) is 11.4 Å². The molecule has 25 heavy (non-hydrogen) atoms. The predicted octanol–water partition coefficient (Wildman–Crippen LogP) is 7.15. The molecule has 0 saturated heterocycles. The zero-order valence-electron chi connectivity index (χ0n) is 15.1. The van der Waals surface area contributed by atoms with Crippen molar-refractivity contribution >= 4 is 17.3 Å². The monoisotopic (exact) mass is 372 g/mol. The highest BCUT2D eigenvalue weighted by atomic mass is 32.1. The van der Waals surface area contributed by atoms with Gasteiger partial charge in [-0.1, -0.05) is 51.9 Å². The minimum Gasteiger partial charge on any atom is -0.415 e. The first kappa shape index (κ1) is 20.3. The molecule has 0 unspecified atom stereocenters. The second-order valence-electron chi connectivity index (χ2n) is 7.19. The van der Waals surface area contributed by atoms with Gasteiger partial charge in [0.15, 0.2) is 5.06 Å².